The minimum Gasteiger partial charge on any atom is -0.493 e. The third-order valence-corrected chi connectivity index (χ3v) is 5.99. The fourth-order valence-corrected chi connectivity index (χ4v) is 3.49. The van der Waals surface area contributed by atoms with Gasteiger partial charge in [0, 0.05) is 16.9 Å². The number of hydrogen-bond donors (Lipinski definition) is 2. The van der Waals surface area contributed by atoms with Crippen molar-refractivity contribution >= 4 is 35.0 Å². The van der Waals surface area contributed by atoms with Gasteiger partial charge in [-0.15, -0.1) is 11.8 Å². The molecule has 2 N–H and O–H groups in total. The van der Waals surface area contributed by atoms with Crippen LogP contribution in [0.15, 0.2) is 47.4 Å². The predicted octanol–water partition coefficient (Wildman–Crippen LogP) is 5.40. The molecule has 162 valence electrons. The van der Waals surface area contributed by atoms with Crippen LogP contribution >= 0.6 is 24.0 Å². The average Bonchev–Trinajstić information content (AvgIpc) is 2.72. The summed E-state index contributed by atoms with van der Waals surface area (Å²) in [4.78, 5) is 13.9. The smallest absolute Gasteiger partial charge is 0.231 e. The summed E-state index contributed by atoms with van der Waals surface area (Å²) in [5.74, 6) is 0.831. The molecule has 0 atom stereocenters. The van der Waals surface area contributed by atoms with Gasteiger partial charge in [0.05, 0.1) is 6.61 Å². The van der Waals surface area contributed by atoms with E-state index < -0.39 is 5.41 Å². The largest absolute Gasteiger partial charge is 0.493 e. The second-order valence-corrected chi connectivity index (χ2v) is 9.38. The number of carbonyl (C=O) groups excluding carboxylic acids is 1. The maximum atomic E-state index is 12.7. The molecule has 0 saturated heterocycles. The minimum atomic E-state index is -0.531. The van der Waals surface area contributed by atoms with Crippen LogP contribution in [0.1, 0.15) is 43.4 Å². The van der Waals surface area contributed by atoms with Crippen LogP contribution in [0.5, 0.6) is 5.75 Å². The lowest BCUT2D eigenvalue weighted by atomic mass is 9.87. The van der Waals surface area contributed by atoms with Crippen LogP contribution < -0.4 is 15.4 Å². The molecule has 1 amide bonds. The molecule has 2 aromatic rings. The first kappa shape index (κ1) is 24.2. The highest BCUT2D eigenvalue weighted by Gasteiger charge is 2.27. The highest BCUT2D eigenvalue weighted by molar-refractivity contribution is 7.98. The number of carbonyl (C=O) groups is 1. The number of hydrogen-bond acceptors (Lipinski definition) is 4. The van der Waals surface area contributed by atoms with Gasteiger partial charge in [0.1, 0.15) is 5.75 Å². The number of nitrogens with one attached hydrogen (secondary N) is 2. The Hall–Kier alpha value is -2.05. The Morgan fingerprint density at radius 3 is 2.50 bits per heavy atom. The topological polar surface area (TPSA) is 50.4 Å². The van der Waals surface area contributed by atoms with Gasteiger partial charge in [-0.1, -0.05) is 38.1 Å². The van der Waals surface area contributed by atoms with Crippen LogP contribution in [-0.4, -0.2) is 23.9 Å². The molecular weight excluding hydrogens is 412 g/mol. The summed E-state index contributed by atoms with van der Waals surface area (Å²) in [6, 6.07) is 14.5. The summed E-state index contributed by atoms with van der Waals surface area (Å²) in [7, 11) is 0. The SMILES string of the molecule is CSc1ccc(CNC(=S)NC(=O)C(C)(C)CCCOc2cc(C)ccc2C)cc1. The van der Waals surface area contributed by atoms with Crippen LogP contribution in [0.2, 0.25) is 0 Å². The lowest BCUT2D eigenvalue weighted by molar-refractivity contribution is -0.128. The maximum absolute atomic E-state index is 12.7. The van der Waals surface area contributed by atoms with Gasteiger partial charge in [0.2, 0.25) is 5.91 Å². The van der Waals surface area contributed by atoms with Crippen molar-refractivity contribution in [3.05, 3.63) is 59.2 Å². The maximum Gasteiger partial charge on any atom is 0.231 e. The normalized spacial score (nSPS) is 11.1. The van der Waals surface area contributed by atoms with Crippen molar-refractivity contribution in [1.82, 2.24) is 10.6 Å². The fraction of sp³-hybridized carbons (Fsp3) is 0.417. The Labute approximate surface area is 190 Å². The number of ether oxygens (including phenoxy) is 1. The molecule has 6 heteroatoms. The summed E-state index contributed by atoms with van der Waals surface area (Å²) >= 11 is 7.01. The summed E-state index contributed by atoms with van der Waals surface area (Å²) in [5, 5.41) is 6.29. The minimum absolute atomic E-state index is 0.0792. The van der Waals surface area contributed by atoms with Crippen LogP contribution in [0.3, 0.4) is 0 Å². The second kappa shape index (κ2) is 11.4. The second-order valence-electron chi connectivity index (χ2n) is 8.09. The van der Waals surface area contributed by atoms with Gasteiger partial charge in [-0.2, -0.15) is 0 Å². The molecule has 2 aromatic carbocycles. The monoisotopic (exact) mass is 444 g/mol. The molecule has 0 heterocycles. The molecular formula is C24H32N2O2S2. The van der Waals surface area contributed by atoms with Gasteiger partial charge < -0.3 is 15.4 Å². The first-order valence-electron chi connectivity index (χ1n) is 10.1. The molecule has 0 unspecified atom stereocenters. The molecule has 30 heavy (non-hydrogen) atoms. The van der Waals surface area contributed by atoms with Crippen molar-refractivity contribution < 1.29 is 9.53 Å². The number of aryl methyl sites for hydroxylation is 2. The Morgan fingerprint density at radius 1 is 1.13 bits per heavy atom. The van der Waals surface area contributed by atoms with E-state index in [4.69, 9.17) is 17.0 Å². The molecule has 0 aliphatic carbocycles. The summed E-state index contributed by atoms with van der Waals surface area (Å²) in [6.07, 6.45) is 3.55. The zero-order chi connectivity index (χ0) is 22.1. The molecule has 0 saturated carbocycles. The Bertz CT molecular complexity index is 864. The molecule has 0 bridgehead atoms. The Kier molecular flexibility index (Phi) is 9.18. The van der Waals surface area contributed by atoms with Crippen molar-refractivity contribution in [2.24, 2.45) is 5.41 Å². The molecule has 0 radical (unpaired) electrons. The zero-order valence-electron chi connectivity index (χ0n) is 18.5. The number of benzene rings is 2. The van der Waals surface area contributed by atoms with E-state index in [0.717, 1.165) is 23.3 Å². The van der Waals surface area contributed by atoms with Crippen LogP contribution in [0, 0.1) is 19.3 Å². The third-order valence-electron chi connectivity index (χ3n) is 5.00. The molecule has 0 aromatic heterocycles. The van der Waals surface area contributed by atoms with Crippen molar-refractivity contribution in [3.8, 4) is 5.75 Å². The van der Waals surface area contributed by atoms with Gasteiger partial charge in [-0.3, -0.25) is 4.79 Å². The highest BCUT2D eigenvalue weighted by Crippen LogP contribution is 2.24. The van der Waals surface area contributed by atoms with Crippen molar-refractivity contribution in [2.75, 3.05) is 12.9 Å². The quantitative estimate of drug-likeness (QED) is 0.308. The van der Waals surface area contributed by atoms with E-state index in [9.17, 15) is 4.79 Å². The molecule has 0 aliphatic rings. The van der Waals surface area contributed by atoms with E-state index in [1.165, 1.54) is 10.5 Å². The fourth-order valence-electron chi connectivity index (χ4n) is 2.91. The Balaban J connectivity index is 1.74. The van der Waals surface area contributed by atoms with Gasteiger partial charge >= 0.3 is 0 Å². The van der Waals surface area contributed by atoms with E-state index in [2.05, 4.69) is 60.2 Å². The van der Waals surface area contributed by atoms with Crippen LogP contribution in [0.4, 0.5) is 0 Å². The van der Waals surface area contributed by atoms with Crippen molar-refractivity contribution in [2.45, 2.75) is 52.0 Å². The zero-order valence-corrected chi connectivity index (χ0v) is 20.1. The number of amides is 1. The standard InChI is InChI=1S/C24H32N2O2S2/c1-17-7-8-18(2)21(15-17)28-14-6-13-24(3,4)22(27)26-23(29)25-16-19-9-11-20(30-5)12-10-19/h7-12,15H,6,13-14,16H2,1-5H3,(H2,25,26,27,29). The van der Waals surface area contributed by atoms with Gasteiger partial charge in [-0.05, 0) is 80.1 Å². The molecule has 0 fully saturated rings. The van der Waals surface area contributed by atoms with Crippen LogP contribution in [0.25, 0.3) is 0 Å². The van der Waals surface area contributed by atoms with Crippen molar-refractivity contribution in [1.29, 1.82) is 0 Å². The Morgan fingerprint density at radius 2 is 1.83 bits per heavy atom. The lowest BCUT2D eigenvalue weighted by Crippen LogP contribution is -2.45. The van der Waals surface area contributed by atoms with E-state index >= 15 is 0 Å². The van der Waals surface area contributed by atoms with Crippen molar-refractivity contribution in [3.63, 3.8) is 0 Å². The van der Waals surface area contributed by atoms with Gasteiger partial charge in [0.25, 0.3) is 0 Å². The molecule has 2 rings (SSSR count). The number of thioether (sulfide) groups is 1. The average molecular weight is 445 g/mol. The first-order valence-corrected chi connectivity index (χ1v) is 11.8. The van der Waals surface area contributed by atoms with E-state index in [1.807, 2.05) is 26.8 Å². The predicted molar refractivity (Wildman–Crippen MR) is 130 cm³/mol. The number of rotatable bonds is 9. The summed E-state index contributed by atoms with van der Waals surface area (Å²) in [5.41, 5.74) is 2.89. The summed E-state index contributed by atoms with van der Waals surface area (Å²) in [6.45, 7) is 9.12. The third kappa shape index (κ3) is 7.65. The highest BCUT2D eigenvalue weighted by atomic mass is 32.2. The van der Waals surface area contributed by atoms with Crippen LogP contribution in [-0.2, 0) is 11.3 Å². The molecule has 4 nitrogen and oxygen atoms in total. The van der Waals surface area contributed by atoms with E-state index in [0.29, 0.717) is 24.7 Å². The van der Waals surface area contributed by atoms with E-state index in [1.54, 1.807) is 11.8 Å². The van der Waals surface area contributed by atoms with Gasteiger partial charge in [0.15, 0.2) is 5.11 Å². The lowest BCUT2D eigenvalue weighted by Gasteiger charge is -2.24. The molecule has 0 spiro atoms. The number of thiocarbonyl (C=S) groups is 1. The summed E-state index contributed by atoms with van der Waals surface area (Å²) < 4.78 is 5.91. The van der Waals surface area contributed by atoms with E-state index in [-0.39, 0.29) is 5.91 Å². The first-order chi connectivity index (χ1) is 14.2. The van der Waals surface area contributed by atoms with Gasteiger partial charge in [-0.25, -0.2) is 0 Å². The molecule has 0 aliphatic heterocycles.